The predicted octanol–water partition coefficient (Wildman–Crippen LogP) is 2.60. The Hall–Kier alpha value is -2.17. The van der Waals surface area contributed by atoms with E-state index >= 15 is 0 Å². The monoisotopic (exact) mass is 313 g/mol. The fourth-order valence-corrected chi connectivity index (χ4v) is 2.63. The van der Waals surface area contributed by atoms with E-state index < -0.39 is 0 Å². The Balaban J connectivity index is 2.13. The zero-order valence-corrected chi connectivity index (χ0v) is 12.8. The van der Waals surface area contributed by atoms with Crippen LogP contribution in [-0.4, -0.2) is 16.3 Å². The highest BCUT2D eigenvalue weighted by molar-refractivity contribution is 6.30. The normalized spacial score (nSPS) is 11.0. The van der Waals surface area contributed by atoms with E-state index in [1.807, 2.05) is 48.5 Å². The molecule has 3 aromatic rings. The summed E-state index contributed by atoms with van der Waals surface area (Å²) < 4.78 is 1.45. The van der Waals surface area contributed by atoms with E-state index in [2.05, 4.69) is 5.10 Å². The maximum absolute atomic E-state index is 12.4. The fourth-order valence-electron chi connectivity index (χ4n) is 2.51. The zero-order valence-electron chi connectivity index (χ0n) is 12.0. The topological polar surface area (TPSA) is 60.9 Å². The van der Waals surface area contributed by atoms with Crippen molar-refractivity contribution in [3.63, 3.8) is 0 Å². The fraction of sp³-hybridized carbons (Fsp3) is 0.176. The Morgan fingerprint density at radius 2 is 1.73 bits per heavy atom. The van der Waals surface area contributed by atoms with E-state index in [9.17, 15) is 4.79 Å². The molecule has 0 saturated carbocycles. The van der Waals surface area contributed by atoms with Crippen molar-refractivity contribution in [3.8, 4) is 0 Å². The quantitative estimate of drug-likeness (QED) is 0.805. The molecule has 0 unspecified atom stereocenters. The number of rotatable bonds is 4. The van der Waals surface area contributed by atoms with Crippen LogP contribution in [0.5, 0.6) is 0 Å². The molecule has 4 nitrogen and oxygen atoms in total. The van der Waals surface area contributed by atoms with Gasteiger partial charge in [0.2, 0.25) is 0 Å². The van der Waals surface area contributed by atoms with Gasteiger partial charge in [-0.2, -0.15) is 5.10 Å². The molecule has 0 radical (unpaired) electrons. The lowest BCUT2D eigenvalue weighted by molar-refractivity contribution is 0.583. The van der Waals surface area contributed by atoms with E-state index in [1.54, 1.807) is 0 Å². The van der Waals surface area contributed by atoms with Crippen molar-refractivity contribution >= 4 is 22.4 Å². The van der Waals surface area contributed by atoms with Crippen LogP contribution in [0.4, 0.5) is 0 Å². The van der Waals surface area contributed by atoms with E-state index in [0.29, 0.717) is 29.9 Å². The molecule has 0 fully saturated rings. The van der Waals surface area contributed by atoms with Crippen molar-refractivity contribution in [2.75, 3.05) is 6.54 Å². The van der Waals surface area contributed by atoms with Gasteiger partial charge >= 0.3 is 0 Å². The molecule has 22 heavy (non-hydrogen) atoms. The molecule has 0 aliphatic heterocycles. The SMILES string of the molecule is NCCn1nc(Cc2ccc(Cl)cc2)c2ccccc2c1=O. The van der Waals surface area contributed by atoms with Crippen molar-refractivity contribution in [2.24, 2.45) is 5.73 Å². The zero-order chi connectivity index (χ0) is 15.5. The maximum atomic E-state index is 12.4. The molecule has 2 N–H and O–H groups in total. The smallest absolute Gasteiger partial charge is 0.274 e. The summed E-state index contributed by atoms with van der Waals surface area (Å²) in [6, 6.07) is 15.2. The van der Waals surface area contributed by atoms with Crippen molar-refractivity contribution in [2.45, 2.75) is 13.0 Å². The molecule has 5 heteroatoms. The van der Waals surface area contributed by atoms with E-state index in [4.69, 9.17) is 17.3 Å². The Kier molecular flexibility index (Phi) is 4.22. The van der Waals surface area contributed by atoms with E-state index in [1.165, 1.54) is 4.68 Å². The molecule has 0 aliphatic carbocycles. The number of aromatic nitrogens is 2. The van der Waals surface area contributed by atoms with Gasteiger partial charge in [-0.05, 0) is 23.8 Å². The van der Waals surface area contributed by atoms with Crippen LogP contribution < -0.4 is 11.3 Å². The van der Waals surface area contributed by atoms with Crippen LogP contribution in [0.1, 0.15) is 11.3 Å². The minimum absolute atomic E-state index is 0.0964. The summed E-state index contributed by atoms with van der Waals surface area (Å²) in [6.45, 7) is 0.795. The highest BCUT2D eigenvalue weighted by Gasteiger charge is 2.10. The van der Waals surface area contributed by atoms with Gasteiger partial charge in [-0.1, -0.05) is 41.9 Å². The molecule has 1 heterocycles. The number of hydrogen-bond donors (Lipinski definition) is 1. The van der Waals surface area contributed by atoms with Gasteiger partial charge in [0.25, 0.3) is 5.56 Å². The first-order valence-corrected chi connectivity index (χ1v) is 7.50. The average Bonchev–Trinajstić information content (AvgIpc) is 2.54. The highest BCUT2D eigenvalue weighted by Crippen LogP contribution is 2.18. The molecule has 1 aromatic heterocycles. The summed E-state index contributed by atoms with van der Waals surface area (Å²) in [4.78, 5) is 12.4. The summed E-state index contributed by atoms with van der Waals surface area (Å²) in [7, 11) is 0. The van der Waals surface area contributed by atoms with E-state index in [0.717, 1.165) is 16.6 Å². The van der Waals surface area contributed by atoms with Crippen molar-refractivity contribution in [1.29, 1.82) is 0 Å². The molecule has 0 saturated heterocycles. The first kappa shape index (κ1) is 14.8. The minimum Gasteiger partial charge on any atom is -0.329 e. The predicted molar refractivity (Wildman–Crippen MR) is 89.3 cm³/mol. The first-order valence-electron chi connectivity index (χ1n) is 7.12. The van der Waals surface area contributed by atoms with Crippen LogP contribution in [0.2, 0.25) is 5.02 Å². The van der Waals surface area contributed by atoms with Gasteiger partial charge in [0.1, 0.15) is 0 Å². The van der Waals surface area contributed by atoms with Crippen LogP contribution in [-0.2, 0) is 13.0 Å². The third-order valence-electron chi connectivity index (χ3n) is 3.57. The van der Waals surface area contributed by atoms with Gasteiger partial charge in [0.05, 0.1) is 17.6 Å². The Labute approximate surface area is 133 Å². The van der Waals surface area contributed by atoms with Crippen LogP contribution in [0.15, 0.2) is 53.3 Å². The summed E-state index contributed by atoms with van der Waals surface area (Å²) in [6.07, 6.45) is 0.641. The van der Waals surface area contributed by atoms with Gasteiger partial charge in [-0.15, -0.1) is 0 Å². The Morgan fingerprint density at radius 1 is 1.05 bits per heavy atom. The largest absolute Gasteiger partial charge is 0.329 e. The third kappa shape index (κ3) is 2.89. The highest BCUT2D eigenvalue weighted by atomic mass is 35.5. The van der Waals surface area contributed by atoms with Crippen molar-refractivity contribution in [1.82, 2.24) is 9.78 Å². The van der Waals surface area contributed by atoms with Gasteiger partial charge in [-0.25, -0.2) is 4.68 Å². The number of halogens is 1. The second-order valence-corrected chi connectivity index (χ2v) is 5.55. The number of hydrogen-bond acceptors (Lipinski definition) is 3. The van der Waals surface area contributed by atoms with Crippen molar-refractivity contribution < 1.29 is 0 Å². The van der Waals surface area contributed by atoms with Crippen LogP contribution >= 0.6 is 11.6 Å². The molecule has 0 atom stereocenters. The number of nitrogens with two attached hydrogens (primary N) is 1. The molecule has 2 aromatic carbocycles. The lowest BCUT2D eigenvalue weighted by Crippen LogP contribution is -2.27. The molecule has 0 bridgehead atoms. The third-order valence-corrected chi connectivity index (χ3v) is 3.82. The first-order chi connectivity index (χ1) is 10.7. The van der Waals surface area contributed by atoms with Crippen LogP contribution in [0.3, 0.4) is 0 Å². The molecule has 3 rings (SSSR count). The van der Waals surface area contributed by atoms with Gasteiger partial charge in [0, 0.05) is 23.4 Å². The average molecular weight is 314 g/mol. The van der Waals surface area contributed by atoms with Gasteiger partial charge < -0.3 is 5.73 Å². The van der Waals surface area contributed by atoms with E-state index in [-0.39, 0.29) is 5.56 Å². The standard InChI is InChI=1S/C17H16ClN3O/c18-13-7-5-12(6-8-13)11-16-14-3-1-2-4-15(14)17(22)21(20-16)10-9-19/h1-8H,9-11,19H2. The molecule has 0 amide bonds. The summed E-state index contributed by atoms with van der Waals surface area (Å²) in [5, 5.41) is 6.76. The molecular formula is C17H16ClN3O. The Bertz CT molecular complexity index is 856. The second-order valence-electron chi connectivity index (χ2n) is 5.11. The van der Waals surface area contributed by atoms with Crippen LogP contribution in [0.25, 0.3) is 10.8 Å². The lowest BCUT2D eigenvalue weighted by Gasteiger charge is -2.10. The van der Waals surface area contributed by atoms with Gasteiger partial charge in [-0.3, -0.25) is 4.79 Å². The number of fused-ring (bicyclic) bond motifs is 1. The second kappa shape index (κ2) is 6.30. The molecule has 0 aliphatic rings. The number of nitrogens with zero attached hydrogens (tertiary/aromatic N) is 2. The molecule has 0 spiro atoms. The number of benzene rings is 2. The summed E-state index contributed by atoms with van der Waals surface area (Å²) in [5.74, 6) is 0. The summed E-state index contributed by atoms with van der Waals surface area (Å²) in [5.41, 5.74) is 7.45. The van der Waals surface area contributed by atoms with Crippen molar-refractivity contribution in [3.05, 3.63) is 75.2 Å². The maximum Gasteiger partial charge on any atom is 0.274 e. The molecular weight excluding hydrogens is 298 g/mol. The Morgan fingerprint density at radius 3 is 2.41 bits per heavy atom. The molecule has 112 valence electrons. The lowest BCUT2D eigenvalue weighted by atomic mass is 10.0. The summed E-state index contributed by atoms with van der Waals surface area (Å²) >= 11 is 5.92. The minimum atomic E-state index is -0.0964. The van der Waals surface area contributed by atoms with Crippen LogP contribution in [0, 0.1) is 0 Å². The van der Waals surface area contributed by atoms with Gasteiger partial charge in [0.15, 0.2) is 0 Å².